The Morgan fingerprint density at radius 2 is 2.11 bits per heavy atom. The van der Waals surface area contributed by atoms with Crippen molar-refractivity contribution in [2.45, 2.75) is 38.4 Å². The molecule has 1 aliphatic heterocycles. The van der Waals surface area contributed by atoms with Crippen molar-refractivity contribution in [2.75, 3.05) is 13.1 Å². The zero-order valence-corrected chi connectivity index (χ0v) is 11.2. The molecule has 0 saturated carbocycles. The first-order valence-electron chi connectivity index (χ1n) is 6.59. The number of hydrogen-bond acceptors (Lipinski definition) is 3. The minimum atomic E-state index is -0.375. The first-order chi connectivity index (χ1) is 8.65. The third kappa shape index (κ3) is 2.90. The van der Waals surface area contributed by atoms with E-state index in [2.05, 4.69) is 42.3 Å². The maximum Gasteiger partial charge on any atom is 0.121 e. The fraction of sp³-hybridized carbons (Fsp3) is 0.533. The molecule has 1 N–H and O–H groups in total. The van der Waals surface area contributed by atoms with Crippen LogP contribution in [0.5, 0.6) is 0 Å². The highest BCUT2D eigenvalue weighted by Crippen LogP contribution is 2.23. The second-order valence-electron chi connectivity index (χ2n) is 5.35. The van der Waals surface area contributed by atoms with Crippen LogP contribution in [-0.2, 0) is 6.54 Å². The van der Waals surface area contributed by atoms with Crippen molar-refractivity contribution in [3.05, 3.63) is 35.9 Å². The minimum Gasteiger partial charge on any atom is -0.298 e. The molecule has 0 amide bonds. The van der Waals surface area contributed by atoms with Crippen LogP contribution in [0.15, 0.2) is 30.3 Å². The van der Waals surface area contributed by atoms with Gasteiger partial charge in [-0.2, -0.15) is 5.26 Å². The van der Waals surface area contributed by atoms with Crippen molar-refractivity contribution in [1.29, 1.82) is 5.26 Å². The van der Waals surface area contributed by atoms with Crippen molar-refractivity contribution in [1.82, 2.24) is 10.2 Å². The quantitative estimate of drug-likeness (QED) is 0.880. The summed E-state index contributed by atoms with van der Waals surface area (Å²) in [6.45, 7) is 6.97. The number of benzene rings is 1. The Kier molecular flexibility index (Phi) is 4.00. The third-order valence-corrected chi connectivity index (χ3v) is 3.72. The number of rotatable bonds is 4. The summed E-state index contributed by atoms with van der Waals surface area (Å²) in [7, 11) is 0. The van der Waals surface area contributed by atoms with Crippen molar-refractivity contribution >= 4 is 0 Å². The lowest BCUT2D eigenvalue weighted by molar-refractivity contribution is 0.257. The van der Waals surface area contributed by atoms with Crippen molar-refractivity contribution in [3.63, 3.8) is 0 Å². The summed E-state index contributed by atoms with van der Waals surface area (Å²) < 4.78 is 0. The molecule has 18 heavy (non-hydrogen) atoms. The van der Waals surface area contributed by atoms with Gasteiger partial charge >= 0.3 is 0 Å². The minimum absolute atomic E-state index is 0.375. The summed E-state index contributed by atoms with van der Waals surface area (Å²) in [6, 6.07) is 13.3. The lowest BCUT2D eigenvalue weighted by atomic mass is 10.0. The molecule has 0 spiro atoms. The molecule has 2 rings (SSSR count). The molecule has 0 radical (unpaired) electrons. The van der Waals surface area contributed by atoms with Crippen LogP contribution >= 0.6 is 0 Å². The van der Waals surface area contributed by atoms with E-state index in [1.165, 1.54) is 5.56 Å². The maximum absolute atomic E-state index is 9.45. The monoisotopic (exact) mass is 243 g/mol. The topological polar surface area (TPSA) is 39.1 Å². The Morgan fingerprint density at radius 3 is 2.67 bits per heavy atom. The van der Waals surface area contributed by atoms with Gasteiger partial charge in [-0.05, 0) is 25.8 Å². The van der Waals surface area contributed by atoms with Gasteiger partial charge in [-0.1, -0.05) is 30.3 Å². The number of nitriles is 1. The maximum atomic E-state index is 9.45. The molecule has 1 unspecified atom stereocenters. The lowest BCUT2D eigenvalue weighted by Gasteiger charge is -2.25. The molecule has 96 valence electrons. The molecule has 0 aromatic heterocycles. The van der Waals surface area contributed by atoms with Gasteiger partial charge in [-0.3, -0.25) is 10.2 Å². The third-order valence-electron chi connectivity index (χ3n) is 3.72. The molecule has 1 fully saturated rings. The molecule has 1 aromatic carbocycles. The zero-order chi connectivity index (χ0) is 13.0. The van der Waals surface area contributed by atoms with Gasteiger partial charge in [-0.25, -0.2) is 0 Å². The second-order valence-corrected chi connectivity index (χ2v) is 5.35. The average molecular weight is 243 g/mol. The van der Waals surface area contributed by atoms with Crippen LogP contribution in [-0.4, -0.2) is 29.6 Å². The van der Waals surface area contributed by atoms with E-state index >= 15 is 0 Å². The van der Waals surface area contributed by atoms with E-state index in [1.807, 2.05) is 18.2 Å². The summed E-state index contributed by atoms with van der Waals surface area (Å²) in [6.07, 6.45) is 0.911. The van der Waals surface area contributed by atoms with Crippen LogP contribution < -0.4 is 5.32 Å². The van der Waals surface area contributed by atoms with Gasteiger partial charge in [0, 0.05) is 25.7 Å². The van der Waals surface area contributed by atoms with Gasteiger partial charge in [0.25, 0.3) is 0 Å². The Morgan fingerprint density at radius 1 is 1.39 bits per heavy atom. The first-order valence-corrected chi connectivity index (χ1v) is 6.59. The molecule has 1 heterocycles. The molecular weight excluding hydrogens is 222 g/mol. The van der Waals surface area contributed by atoms with Crippen molar-refractivity contribution in [2.24, 2.45) is 0 Å². The van der Waals surface area contributed by atoms with E-state index in [4.69, 9.17) is 0 Å². The van der Waals surface area contributed by atoms with E-state index in [0.717, 1.165) is 26.1 Å². The summed E-state index contributed by atoms with van der Waals surface area (Å²) in [5.74, 6) is 0. The van der Waals surface area contributed by atoms with E-state index in [-0.39, 0.29) is 5.54 Å². The Bertz CT molecular complexity index is 421. The van der Waals surface area contributed by atoms with Crippen molar-refractivity contribution < 1.29 is 0 Å². The molecule has 1 saturated heterocycles. The summed E-state index contributed by atoms with van der Waals surface area (Å²) >= 11 is 0. The van der Waals surface area contributed by atoms with E-state index in [9.17, 15) is 5.26 Å². The first kappa shape index (κ1) is 13.1. The molecule has 3 heteroatoms. The normalized spacial score (nSPS) is 24.3. The molecule has 1 atom stereocenters. The molecule has 3 nitrogen and oxygen atoms in total. The molecule has 1 aliphatic rings. The SMILES string of the molecule is CC(C)N1CCC(C#N)(NCc2ccccc2)C1. The molecule has 1 aromatic rings. The standard InChI is InChI=1S/C15H21N3/c1-13(2)18-9-8-15(11-16,12-18)17-10-14-6-4-3-5-7-14/h3-7,13,17H,8-10,12H2,1-2H3. The second kappa shape index (κ2) is 5.51. The van der Waals surface area contributed by atoms with Crippen LogP contribution in [0.4, 0.5) is 0 Å². The van der Waals surface area contributed by atoms with Crippen LogP contribution in [0.3, 0.4) is 0 Å². The molecular formula is C15H21N3. The summed E-state index contributed by atoms with van der Waals surface area (Å²) in [4.78, 5) is 2.36. The van der Waals surface area contributed by atoms with Gasteiger partial charge < -0.3 is 0 Å². The zero-order valence-electron chi connectivity index (χ0n) is 11.2. The van der Waals surface area contributed by atoms with E-state index < -0.39 is 0 Å². The Hall–Kier alpha value is -1.37. The van der Waals surface area contributed by atoms with Gasteiger partial charge in [0.2, 0.25) is 0 Å². The van der Waals surface area contributed by atoms with Crippen LogP contribution in [0.2, 0.25) is 0 Å². The summed E-state index contributed by atoms with van der Waals surface area (Å²) in [5.41, 5.74) is 0.857. The highest BCUT2D eigenvalue weighted by molar-refractivity contribution is 5.18. The van der Waals surface area contributed by atoms with Gasteiger partial charge in [0.1, 0.15) is 5.54 Å². The number of likely N-dealkylation sites (tertiary alicyclic amines) is 1. The number of nitrogens with zero attached hydrogens (tertiary/aromatic N) is 2. The Balaban J connectivity index is 1.97. The predicted molar refractivity (Wildman–Crippen MR) is 73.0 cm³/mol. The van der Waals surface area contributed by atoms with Crippen molar-refractivity contribution in [3.8, 4) is 6.07 Å². The van der Waals surface area contributed by atoms with E-state index in [1.54, 1.807) is 0 Å². The van der Waals surface area contributed by atoms with Gasteiger partial charge in [0.05, 0.1) is 6.07 Å². The largest absolute Gasteiger partial charge is 0.298 e. The fourth-order valence-electron chi connectivity index (χ4n) is 2.42. The lowest BCUT2D eigenvalue weighted by Crippen LogP contribution is -2.46. The Labute approximate surface area is 109 Å². The highest BCUT2D eigenvalue weighted by atomic mass is 15.2. The average Bonchev–Trinajstić information content (AvgIpc) is 2.83. The van der Waals surface area contributed by atoms with E-state index in [0.29, 0.717) is 6.04 Å². The number of hydrogen-bond donors (Lipinski definition) is 1. The highest BCUT2D eigenvalue weighted by Gasteiger charge is 2.38. The van der Waals surface area contributed by atoms with Gasteiger partial charge in [-0.15, -0.1) is 0 Å². The van der Waals surface area contributed by atoms with Crippen LogP contribution in [0, 0.1) is 11.3 Å². The smallest absolute Gasteiger partial charge is 0.121 e. The van der Waals surface area contributed by atoms with Gasteiger partial charge in [0.15, 0.2) is 0 Å². The molecule has 0 aliphatic carbocycles. The summed E-state index contributed by atoms with van der Waals surface area (Å²) in [5, 5.41) is 12.9. The van der Waals surface area contributed by atoms with Crippen LogP contribution in [0.25, 0.3) is 0 Å². The predicted octanol–water partition coefficient (Wildman–Crippen LogP) is 2.15. The molecule has 0 bridgehead atoms. The van der Waals surface area contributed by atoms with Crippen LogP contribution in [0.1, 0.15) is 25.8 Å². The number of nitrogens with one attached hydrogen (secondary N) is 1. The fourth-order valence-corrected chi connectivity index (χ4v) is 2.42.